The summed E-state index contributed by atoms with van der Waals surface area (Å²) >= 11 is 0. The summed E-state index contributed by atoms with van der Waals surface area (Å²) in [7, 11) is 3.76. The van der Waals surface area contributed by atoms with Gasteiger partial charge in [0.1, 0.15) is 5.82 Å². The summed E-state index contributed by atoms with van der Waals surface area (Å²) in [6.45, 7) is 6.59. The molecular formula is C12H22N4O. The SMILES string of the molecule is CCNc1ncc(C)c(N(C)CCCOC)n1. The Bertz CT molecular complexity index is 343. The lowest BCUT2D eigenvalue weighted by atomic mass is 10.3. The topological polar surface area (TPSA) is 50.3 Å². The highest BCUT2D eigenvalue weighted by atomic mass is 16.5. The van der Waals surface area contributed by atoms with Gasteiger partial charge < -0.3 is 15.0 Å². The number of nitrogens with zero attached hydrogens (tertiary/aromatic N) is 3. The lowest BCUT2D eigenvalue weighted by molar-refractivity contribution is 0.196. The molecule has 0 saturated carbocycles. The normalized spacial score (nSPS) is 10.4. The minimum absolute atomic E-state index is 0.687. The van der Waals surface area contributed by atoms with Gasteiger partial charge in [-0.1, -0.05) is 0 Å². The van der Waals surface area contributed by atoms with E-state index in [0.29, 0.717) is 5.95 Å². The fraction of sp³-hybridized carbons (Fsp3) is 0.667. The molecule has 0 radical (unpaired) electrons. The Kier molecular flexibility index (Phi) is 5.69. The van der Waals surface area contributed by atoms with Crippen molar-refractivity contribution in [1.29, 1.82) is 0 Å². The molecule has 1 heterocycles. The minimum atomic E-state index is 0.687. The fourth-order valence-electron chi connectivity index (χ4n) is 1.61. The maximum Gasteiger partial charge on any atom is 0.224 e. The van der Waals surface area contributed by atoms with Crippen molar-refractivity contribution in [2.45, 2.75) is 20.3 Å². The maximum atomic E-state index is 5.05. The monoisotopic (exact) mass is 238 g/mol. The van der Waals surface area contributed by atoms with Gasteiger partial charge in [0.2, 0.25) is 5.95 Å². The molecule has 0 atom stereocenters. The summed E-state index contributed by atoms with van der Waals surface area (Å²) < 4.78 is 5.05. The van der Waals surface area contributed by atoms with E-state index in [1.807, 2.05) is 27.1 Å². The van der Waals surface area contributed by atoms with Crippen molar-refractivity contribution in [1.82, 2.24) is 9.97 Å². The van der Waals surface area contributed by atoms with Crippen molar-refractivity contribution in [3.63, 3.8) is 0 Å². The van der Waals surface area contributed by atoms with Gasteiger partial charge in [0, 0.05) is 45.6 Å². The van der Waals surface area contributed by atoms with E-state index in [-0.39, 0.29) is 0 Å². The molecule has 5 heteroatoms. The average Bonchev–Trinajstić information content (AvgIpc) is 2.32. The van der Waals surface area contributed by atoms with Gasteiger partial charge in [-0.25, -0.2) is 4.98 Å². The van der Waals surface area contributed by atoms with Gasteiger partial charge in [-0.15, -0.1) is 0 Å². The van der Waals surface area contributed by atoms with Gasteiger partial charge in [-0.2, -0.15) is 4.98 Å². The van der Waals surface area contributed by atoms with Crippen LogP contribution in [-0.4, -0.2) is 43.8 Å². The smallest absolute Gasteiger partial charge is 0.224 e. The molecule has 1 rings (SSSR count). The Hall–Kier alpha value is -1.36. The number of aromatic nitrogens is 2. The number of nitrogens with one attached hydrogen (secondary N) is 1. The van der Waals surface area contributed by atoms with Gasteiger partial charge in [0.15, 0.2) is 0 Å². The van der Waals surface area contributed by atoms with Crippen molar-refractivity contribution in [2.75, 3.05) is 44.1 Å². The Balaban J connectivity index is 2.69. The van der Waals surface area contributed by atoms with Crippen LogP contribution in [0, 0.1) is 6.92 Å². The van der Waals surface area contributed by atoms with E-state index in [1.54, 1.807) is 7.11 Å². The van der Waals surface area contributed by atoms with E-state index < -0.39 is 0 Å². The lowest BCUT2D eigenvalue weighted by Crippen LogP contribution is -2.22. The number of ether oxygens (including phenoxy) is 1. The molecule has 0 spiro atoms. The largest absolute Gasteiger partial charge is 0.385 e. The second-order valence-corrected chi connectivity index (χ2v) is 4.00. The van der Waals surface area contributed by atoms with Crippen molar-refractivity contribution in [3.8, 4) is 0 Å². The van der Waals surface area contributed by atoms with Crippen molar-refractivity contribution in [3.05, 3.63) is 11.8 Å². The van der Waals surface area contributed by atoms with E-state index in [1.165, 1.54) is 0 Å². The first-order valence-corrected chi connectivity index (χ1v) is 5.96. The van der Waals surface area contributed by atoms with Crippen LogP contribution >= 0.6 is 0 Å². The van der Waals surface area contributed by atoms with E-state index in [0.717, 1.165) is 37.5 Å². The fourth-order valence-corrected chi connectivity index (χ4v) is 1.61. The molecule has 0 fully saturated rings. The van der Waals surface area contributed by atoms with Crippen LogP contribution in [0.1, 0.15) is 18.9 Å². The van der Waals surface area contributed by atoms with Gasteiger partial charge in [-0.05, 0) is 20.3 Å². The third-order valence-corrected chi connectivity index (χ3v) is 2.48. The first kappa shape index (κ1) is 13.7. The molecule has 0 amide bonds. The average molecular weight is 238 g/mol. The molecule has 0 aliphatic carbocycles. The van der Waals surface area contributed by atoms with Crippen LogP contribution in [0.2, 0.25) is 0 Å². The van der Waals surface area contributed by atoms with Crippen LogP contribution in [-0.2, 0) is 4.74 Å². The summed E-state index contributed by atoms with van der Waals surface area (Å²) in [6.07, 6.45) is 2.85. The zero-order chi connectivity index (χ0) is 12.7. The van der Waals surface area contributed by atoms with E-state index in [4.69, 9.17) is 4.74 Å². The molecule has 1 aromatic heterocycles. The van der Waals surface area contributed by atoms with Crippen molar-refractivity contribution >= 4 is 11.8 Å². The van der Waals surface area contributed by atoms with Gasteiger partial charge in [0.05, 0.1) is 0 Å². The van der Waals surface area contributed by atoms with E-state index in [2.05, 4.69) is 20.2 Å². The van der Waals surface area contributed by atoms with Crippen LogP contribution in [0.5, 0.6) is 0 Å². The molecule has 0 bridgehead atoms. The van der Waals surface area contributed by atoms with Crippen LogP contribution in [0.4, 0.5) is 11.8 Å². The Morgan fingerprint density at radius 1 is 1.47 bits per heavy atom. The zero-order valence-electron chi connectivity index (χ0n) is 11.2. The number of hydrogen-bond acceptors (Lipinski definition) is 5. The molecule has 0 aliphatic heterocycles. The highest BCUT2D eigenvalue weighted by Gasteiger charge is 2.08. The summed E-state index contributed by atoms with van der Waals surface area (Å²) in [6, 6.07) is 0. The predicted molar refractivity (Wildman–Crippen MR) is 70.7 cm³/mol. The summed E-state index contributed by atoms with van der Waals surface area (Å²) in [5.41, 5.74) is 1.09. The predicted octanol–water partition coefficient (Wildman–Crippen LogP) is 1.69. The number of anilines is 2. The van der Waals surface area contributed by atoms with Crippen molar-refractivity contribution in [2.24, 2.45) is 0 Å². The second-order valence-electron chi connectivity index (χ2n) is 4.00. The van der Waals surface area contributed by atoms with E-state index in [9.17, 15) is 0 Å². The zero-order valence-corrected chi connectivity index (χ0v) is 11.2. The lowest BCUT2D eigenvalue weighted by Gasteiger charge is -2.20. The van der Waals surface area contributed by atoms with Crippen LogP contribution in [0.25, 0.3) is 0 Å². The molecule has 0 aromatic carbocycles. The molecule has 0 aliphatic rings. The number of rotatable bonds is 7. The van der Waals surface area contributed by atoms with Crippen LogP contribution in [0.3, 0.4) is 0 Å². The van der Waals surface area contributed by atoms with Gasteiger partial charge in [0.25, 0.3) is 0 Å². The third kappa shape index (κ3) is 4.19. The van der Waals surface area contributed by atoms with Crippen LogP contribution in [0.15, 0.2) is 6.20 Å². The first-order valence-electron chi connectivity index (χ1n) is 5.96. The molecule has 1 N–H and O–H groups in total. The number of hydrogen-bond donors (Lipinski definition) is 1. The number of aryl methyl sites for hydroxylation is 1. The molecule has 17 heavy (non-hydrogen) atoms. The molecule has 0 unspecified atom stereocenters. The minimum Gasteiger partial charge on any atom is -0.385 e. The summed E-state index contributed by atoms with van der Waals surface area (Å²) in [5, 5.41) is 3.12. The third-order valence-electron chi connectivity index (χ3n) is 2.48. The van der Waals surface area contributed by atoms with E-state index >= 15 is 0 Å². The second kappa shape index (κ2) is 7.06. The highest BCUT2D eigenvalue weighted by Crippen LogP contribution is 2.16. The first-order chi connectivity index (χ1) is 8.19. The molecule has 5 nitrogen and oxygen atoms in total. The Morgan fingerprint density at radius 2 is 2.24 bits per heavy atom. The summed E-state index contributed by atoms with van der Waals surface area (Å²) in [4.78, 5) is 10.9. The summed E-state index contributed by atoms with van der Waals surface area (Å²) in [5.74, 6) is 1.67. The maximum absolute atomic E-state index is 5.05. The highest BCUT2D eigenvalue weighted by molar-refractivity contribution is 5.48. The molecule has 0 saturated heterocycles. The van der Waals surface area contributed by atoms with Gasteiger partial charge >= 0.3 is 0 Å². The molecule has 1 aromatic rings. The molecule has 96 valence electrons. The Morgan fingerprint density at radius 3 is 2.88 bits per heavy atom. The quantitative estimate of drug-likeness (QED) is 0.733. The molecular weight excluding hydrogens is 216 g/mol. The van der Waals surface area contributed by atoms with Gasteiger partial charge in [-0.3, -0.25) is 0 Å². The van der Waals surface area contributed by atoms with Crippen molar-refractivity contribution < 1.29 is 4.74 Å². The Labute approximate surface area is 103 Å². The standard InChI is InChI=1S/C12H22N4O/c1-5-13-12-14-9-10(2)11(15-12)16(3)7-6-8-17-4/h9H,5-8H2,1-4H3,(H,13,14,15). The number of methoxy groups -OCH3 is 1. The van der Waals surface area contributed by atoms with Crippen LogP contribution < -0.4 is 10.2 Å².